The molecule has 1 atom stereocenters. The lowest BCUT2D eigenvalue weighted by atomic mass is 10.0. The molecule has 3 rings (SSSR count). The molecule has 0 radical (unpaired) electrons. The van der Waals surface area contributed by atoms with Gasteiger partial charge in [-0.05, 0) is 72.9 Å². The molecular weight excluding hydrogens is 376 g/mol. The number of halogens is 1. The lowest BCUT2D eigenvalue weighted by Gasteiger charge is -2.34. The number of nitrogens with one attached hydrogen (secondary N) is 1. The van der Waals surface area contributed by atoms with Crippen LogP contribution in [0, 0.1) is 6.92 Å². The molecule has 1 aliphatic heterocycles. The smallest absolute Gasteiger partial charge is 0.240 e. The fourth-order valence-electron chi connectivity index (χ4n) is 3.17. The fourth-order valence-corrected chi connectivity index (χ4v) is 5.18. The minimum atomic E-state index is -3.58. The summed E-state index contributed by atoms with van der Waals surface area (Å²) in [7, 11) is -3.58. The van der Waals surface area contributed by atoms with Gasteiger partial charge in [-0.3, -0.25) is 4.90 Å². The molecule has 2 aromatic rings. The van der Waals surface area contributed by atoms with E-state index in [1.165, 1.54) is 30.9 Å². The summed E-state index contributed by atoms with van der Waals surface area (Å²) in [6, 6.07) is 7.00. The van der Waals surface area contributed by atoms with Crippen LogP contribution >= 0.6 is 22.9 Å². The number of hydrogen-bond acceptors (Lipinski definition) is 4. The Morgan fingerprint density at radius 3 is 2.64 bits per heavy atom. The van der Waals surface area contributed by atoms with Crippen LogP contribution in [0.3, 0.4) is 0 Å². The van der Waals surface area contributed by atoms with E-state index in [9.17, 15) is 8.42 Å². The first kappa shape index (κ1) is 18.9. The predicted molar refractivity (Wildman–Crippen MR) is 104 cm³/mol. The Labute approximate surface area is 158 Å². The van der Waals surface area contributed by atoms with E-state index in [1.54, 1.807) is 23.5 Å². The molecule has 2 heterocycles. The van der Waals surface area contributed by atoms with Crippen molar-refractivity contribution in [3.63, 3.8) is 0 Å². The zero-order valence-electron chi connectivity index (χ0n) is 14.2. The predicted octanol–water partition coefficient (Wildman–Crippen LogP) is 4.22. The summed E-state index contributed by atoms with van der Waals surface area (Å²) in [6.45, 7) is 4.25. The van der Waals surface area contributed by atoms with Gasteiger partial charge in [-0.15, -0.1) is 0 Å². The highest BCUT2D eigenvalue weighted by atomic mass is 35.5. The van der Waals surface area contributed by atoms with Gasteiger partial charge in [0.25, 0.3) is 0 Å². The summed E-state index contributed by atoms with van der Waals surface area (Å²) in [5.74, 6) is 0. The van der Waals surface area contributed by atoms with Gasteiger partial charge in [0.15, 0.2) is 0 Å². The second-order valence-corrected chi connectivity index (χ2v) is 9.39. The number of thiophene rings is 1. The van der Waals surface area contributed by atoms with E-state index in [4.69, 9.17) is 11.6 Å². The van der Waals surface area contributed by atoms with Crippen LogP contribution < -0.4 is 4.72 Å². The van der Waals surface area contributed by atoms with Gasteiger partial charge in [0.05, 0.1) is 4.90 Å². The second kappa shape index (κ2) is 8.18. The van der Waals surface area contributed by atoms with Crippen molar-refractivity contribution in [2.45, 2.75) is 37.1 Å². The number of rotatable bonds is 6. The minimum absolute atomic E-state index is 0.0715. The molecule has 1 unspecified atom stereocenters. The first-order chi connectivity index (χ1) is 12.0. The number of sulfonamides is 1. The highest BCUT2D eigenvalue weighted by Gasteiger charge is 2.25. The normalized spacial score (nSPS) is 17.5. The third-order valence-electron chi connectivity index (χ3n) is 4.68. The SMILES string of the molecule is Cc1ccc(S(=O)(=O)NCC(c2ccsc2)N2CCCCC2)cc1Cl. The highest BCUT2D eigenvalue weighted by molar-refractivity contribution is 7.89. The second-order valence-electron chi connectivity index (χ2n) is 6.43. The number of piperidine rings is 1. The molecule has 1 fully saturated rings. The summed E-state index contributed by atoms with van der Waals surface area (Å²) < 4.78 is 28.1. The van der Waals surface area contributed by atoms with Crippen LogP contribution in [0.15, 0.2) is 39.9 Å². The van der Waals surface area contributed by atoms with Gasteiger partial charge < -0.3 is 0 Å². The zero-order valence-corrected chi connectivity index (χ0v) is 16.6. The van der Waals surface area contributed by atoms with Crippen LogP contribution in [-0.4, -0.2) is 33.0 Å². The monoisotopic (exact) mass is 398 g/mol. The number of nitrogens with zero attached hydrogens (tertiary/aromatic N) is 1. The quantitative estimate of drug-likeness (QED) is 0.792. The zero-order chi connectivity index (χ0) is 17.9. The van der Waals surface area contributed by atoms with Crippen molar-refractivity contribution >= 4 is 33.0 Å². The van der Waals surface area contributed by atoms with Crippen molar-refractivity contribution in [3.8, 4) is 0 Å². The topological polar surface area (TPSA) is 49.4 Å². The molecule has 0 aliphatic carbocycles. The lowest BCUT2D eigenvalue weighted by Crippen LogP contribution is -2.40. The van der Waals surface area contributed by atoms with Gasteiger partial charge in [-0.2, -0.15) is 11.3 Å². The Morgan fingerprint density at radius 1 is 1.24 bits per heavy atom. The van der Waals surface area contributed by atoms with Gasteiger partial charge in [-0.25, -0.2) is 13.1 Å². The fraction of sp³-hybridized carbons (Fsp3) is 0.444. The number of benzene rings is 1. The molecule has 1 aromatic heterocycles. The summed E-state index contributed by atoms with van der Waals surface area (Å²) in [4.78, 5) is 2.60. The van der Waals surface area contributed by atoms with Crippen molar-refractivity contribution in [1.82, 2.24) is 9.62 Å². The maximum absolute atomic E-state index is 12.7. The Kier molecular flexibility index (Phi) is 6.17. The summed E-state index contributed by atoms with van der Waals surface area (Å²) in [5, 5.41) is 4.62. The lowest BCUT2D eigenvalue weighted by molar-refractivity contribution is 0.165. The molecule has 0 bridgehead atoms. The van der Waals surface area contributed by atoms with Crippen LogP contribution in [0.25, 0.3) is 0 Å². The van der Waals surface area contributed by atoms with Crippen molar-refractivity contribution in [2.24, 2.45) is 0 Å². The molecule has 136 valence electrons. The van der Waals surface area contributed by atoms with Gasteiger partial charge in [0, 0.05) is 17.6 Å². The maximum Gasteiger partial charge on any atom is 0.240 e. The van der Waals surface area contributed by atoms with Gasteiger partial charge in [-0.1, -0.05) is 24.1 Å². The Morgan fingerprint density at radius 2 is 2.00 bits per heavy atom. The molecule has 0 amide bonds. The molecule has 7 heteroatoms. The molecule has 4 nitrogen and oxygen atoms in total. The number of likely N-dealkylation sites (tertiary alicyclic amines) is 1. The van der Waals surface area contributed by atoms with Crippen LogP contribution in [0.5, 0.6) is 0 Å². The molecule has 1 aliphatic rings. The highest BCUT2D eigenvalue weighted by Crippen LogP contribution is 2.27. The summed E-state index contributed by atoms with van der Waals surface area (Å²) in [6.07, 6.45) is 3.59. The Hall–Kier alpha value is -0.920. The van der Waals surface area contributed by atoms with Crippen molar-refractivity contribution in [3.05, 3.63) is 51.2 Å². The van der Waals surface area contributed by atoms with E-state index < -0.39 is 10.0 Å². The van der Waals surface area contributed by atoms with E-state index in [-0.39, 0.29) is 10.9 Å². The number of hydrogen-bond donors (Lipinski definition) is 1. The summed E-state index contributed by atoms with van der Waals surface area (Å²) in [5.41, 5.74) is 2.04. The Bertz CT molecular complexity index is 800. The van der Waals surface area contributed by atoms with Crippen molar-refractivity contribution < 1.29 is 8.42 Å². The van der Waals surface area contributed by atoms with Crippen molar-refractivity contribution in [2.75, 3.05) is 19.6 Å². The first-order valence-electron chi connectivity index (χ1n) is 8.49. The van der Waals surface area contributed by atoms with E-state index in [0.29, 0.717) is 11.6 Å². The first-order valence-corrected chi connectivity index (χ1v) is 11.3. The van der Waals surface area contributed by atoms with E-state index in [2.05, 4.69) is 21.1 Å². The minimum Gasteiger partial charge on any atom is -0.295 e. The van der Waals surface area contributed by atoms with E-state index in [1.807, 2.05) is 12.3 Å². The summed E-state index contributed by atoms with van der Waals surface area (Å²) >= 11 is 7.73. The number of aryl methyl sites for hydroxylation is 1. The van der Waals surface area contributed by atoms with Gasteiger partial charge in [0.1, 0.15) is 0 Å². The molecule has 1 N–H and O–H groups in total. The average Bonchev–Trinajstić information content (AvgIpc) is 3.12. The van der Waals surface area contributed by atoms with Gasteiger partial charge >= 0.3 is 0 Å². The van der Waals surface area contributed by atoms with Crippen LogP contribution in [0.4, 0.5) is 0 Å². The van der Waals surface area contributed by atoms with Gasteiger partial charge in [0.2, 0.25) is 10.0 Å². The largest absolute Gasteiger partial charge is 0.295 e. The third-order valence-corrected chi connectivity index (χ3v) is 7.21. The van der Waals surface area contributed by atoms with E-state index >= 15 is 0 Å². The van der Waals surface area contributed by atoms with Crippen LogP contribution in [0.2, 0.25) is 5.02 Å². The molecule has 1 saturated heterocycles. The molecule has 25 heavy (non-hydrogen) atoms. The molecular formula is C18H23ClN2O2S2. The third kappa shape index (κ3) is 4.63. The molecule has 1 aromatic carbocycles. The molecule has 0 saturated carbocycles. The average molecular weight is 399 g/mol. The Balaban J connectivity index is 1.76. The molecule has 0 spiro atoms. The van der Waals surface area contributed by atoms with Crippen LogP contribution in [0.1, 0.15) is 36.4 Å². The van der Waals surface area contributed by atoms with E-state index in [0.717, 1.165) is 18.7 Å². The standard InChI is InChI=1S/C18H23ClN2O2S2/c1-14-5-6-16(11-17(14)19)25(22,23)20-12-18(15-7-10-24-13-15)21-8-3-2-4-9-21/h5-7,10-11,13,18,20H,2-4,8-9,12H2,1H3. The van der Waals surface area contributed by atoms with Crippen LogP contribution in [-0.2, 0) is 10.0 Å². The van der Waals surface area contributed by atoms with Crippen molar-refractivity contribution in [1.29, 1.82) is 0 Å². The maximum atomic E-state index is 12.7.